The van der Waals surface area contributed by atoms with E-state index in [-0.39, 0.29) is 6.61 Å². The summed E-state index contributed by atoms with van der Waals surface area (Å²) in [6, 6.07) is 15.1. The van der Waals surface area contributed by atoms with E-state index >= 15 is 0 Å². The molecule has 6 heteroatoms. The maximum Gasteiger partial charge on any atom is 0.407 e. The van der Waals surface area contributed by atoms with E-state index in [9.17, 15) is 4.79 Å². The first kappa shape index (κ1) is 17.7. The third kappa shape index (κ3) is 5.20. The van der Waals surface area contributed by atoms with Crippen LogP contribution >= 0.6 is 11.6 Å². The zero-order valence-corrected chi connectivity index (χ0v) is 14.7. The minimum atomic E-state index is -0.453. The van der Waals surface area contributed by atoms with E-state index in [0.29, 0.717) is 23.6 Å². The first-order chi connectivity index (χ1) is 12.7. The molecule has 0 aliphatic heterocycles. The average Bonchev–Trinajstić information content (AvgIpc) is 2.66. The summed E-state index contributed by atoms with van der Waals surface area (Å²) in [5.41, 5.74) is 3.23. The lowest BCUT2D eigenvalue weighted by Crippen LogP contribution is -2.24. The highest BCUT2D eigenvalue weighted by Gasteiger charge is 2.01. The molecule has 0 atom stereocenters. The first-order valence-corrected chi connectivity index (χ1v) is 8.44. The number of ether oxygens (including phenoxy) is 1. The molecule has 0 fully saturated rings. The molecular formula is C20H16ClN3O2. The molecule has 0 saturated heterocycles. The summed E-state index contributed by atoms with van der Waals surface area (Å²) >= 11 is 5.85. The minimum absolute atomic E-state index is 0.249. The summed E-state index contributed by atoms with van der Waals surface area (Å²) in [5, 5.41) is 3.02. The Bertz CT molecular complexity index is 965. The van der Waals surface area contributed by atoms with Crippen LogP contribution in [0.4, 0.5) is 4.79 Å². The van der Waals surface area contributed by atoms with Crippen LogP contribution in [-0.2, 0) is 11.3 Å². The molecule has 1 N–H and O–H groups in total. The number of benzene rings is 2. The predicted molar refractivity (Wildman–Crippen MR) is 101 cm³/mol. The molecule has 0 saturated carbocycles. The van der Waals surface area contributed by atoms with Crippen LogP contribution in [0.15, 0.2) is 54.7 Å². The van der Waals surface area contributed by atoms with Crippen LogP contribution in [0.1, 0.15) is 17.5 Å². The SMILES string of the molecule is O=C(NCCC#Cc1ccc2ncc(Cl)nc2c1)OCc1ccccc1. The molecule has 5 nitrogen and oxygen atoms in total. The van der Waals surface area contributed by atoms with Crippen molar-refractivity contribution in [3.05, 3.63) is 71.0 Å². The number of hydrogen-bond donors (Lipinski definition) is 1. The lowest BCUT2D eigenvalue weighted by molar-refractivity contribution is 0.140. The number of carbonyl (C=O) groups excluding carboxylic acids is 1. The standard InChI is InChI=1S/C20H16ClN3O2/c21-19-13-23-17-10-9-15(12-18(17)24-19)6-4-5-11-22-20(25)26-14-16-7-2-1-3-8-16/h1-3,7-10,12-13H,5,11,14H2,(H,22,25). The lowest BCUT2D eigenvalue weighted by Gasteiger charge is -2.05. The number of fused-ring (bicyclic) bond motifs is 1. The van der Waals surface area contributed by atoms with E-state index in [2.05, 4.69) is 27.1 Å². The fraction of sp³-hybridized carbons (Fsp3) is 0.150. The van der Waals surface area contributed by atoms with Gasteiger partial charge in [-0.1, -0.05) is 53.8 Å². The maximum atomic E-state index is 11.6. The molecule has 130 valence electrons. The molecule has 0 aliphatic rings. The Hall–Kier alpha value is -3.10. The van der Waals surface area contributed by atoms with Gasteiger partial charge in [0.2, 0.25) is 0 Å². The zero-order chi connectivity index (χ0) is 18.2. The highest BCUT2D eigenvalue weighted by molar-refractivity contribution is 6.29. The monoisotopic (exact) mass is 365 g/mol. The quantitative estimate of drug-likeness (QED) is 0.561. The second-order valence-electron chi connectivity index (χ2n) is 5.44. The maximum absolute atomic E-state index is 11.6. The number of hydrogen-bond acceptors (Lipinski definition) is 4. The van der Waals surface area contributed by atoms with Gasteiger partial charge in [-0.05, 0) is 23.8 Å². The van der Waals surface area contributed by atoms with Crippen LogP contribution in [0, 0.1) is 11.8 Å². The van der Waals surface area contributed by atoms with Gasteiger partial charge in [-0.2, -0.15) is 0 Å². The van der Waals surface area contributed by atoms with Crippen molar-refractivity contribution >= 4 is 28.7 Å². The van der Waals surface area contributed by atoms with Crippen molar-refractivity contribution in [1.82, 2.24) is 15.3 Å². The molecule has 1 aromatic heterocycles. The number of rotatable bonds is 4. The normalized spacial score (nSPS) is 10.0. The number of amides is 1. The van der Waals surface area contributed by atoms with E-state index in [4.69, 9.17) is 16.3 Å². The fourth-order valence-corrected chi connectivity index (χ4v) is 2.37. The molecule has 0 bridgehead atoms. The fourth-order valence-electron chi connectivity index (χ4n) is 2.23. The lowest BCUT2D eigenvalue weighted by atomic mass is 10.2. The van der Waals surface area contributed by atoms with Gasteiger partial charge in [0.25, 0.3) is 0 Å². The zero-order valence-electron chi connectivity index (χ0n) is 13.9. The highest BCUT2D eigenvalue weighted by Crippen LogP contribution is 2.13. The Morgan fingerprint density at radius 2 is 2.00 bits per heavy atom. The molecule has 3 aromatic rings. The number of aromatic nitrogens is 2. The van der Waals surface area contributed by atoms with E-state index in [0.717, 1.165) is 16.6 Å². The topological polar surface area (TPSA) is 64.1 Å². The van der Waals surface area contributed by atoms with Crippen LogP contribution < -0.4 is 5.32 Å². The summed E-state index contributed by atoms with van der Waals surface area (Å²) in [5.74, 6) is 6.04. The van der Waals surface area contributed by atoms with Gasteiger partial charge in [0.15, 0.2) is 0 Å². The predicted octanol–water partition coefficient (Wildman–Crippen LogP) is 3.95. The van der Waals surface area contributed by atoms with Gasteiger partial charge in [-0.3, -0.25) is 4.98 Å². The third-order valence-electron chi connectivity index (χ3n) is 3.48. The summed E-state index contributed by atoms with van der Waals surface area (Å²) in [7, 11) is 0. The molecule has 2 aromatic carbocycles. The smallest absolute Gasteiger partial charge is 0.407 e. The highest BCUT2D eigenvalue weighted by atomic mass is 35.5. The first-order valence-electron chi connectivity index (χ1n) is 8.06. The van der Waals surface area contributed by atoms with Crippen molar-refractivity contribution in [2.24, 2.45) is 0 Å². The Balaban J connectivity index is 1.44. The second kappa shape index (κ2) is 8.84. The molecular weight excluding hydrogens is 350 g/mol. The van der Waals surface area contributed by atoms with Gasteiger partial charge in [0.05, 0.1) is 17.2 Å². The summed E-state index contributed by atoms with van der Waals surface area (Å²) < 4.78 is 5.13. The van der Waals surface area contributed by atoms with Crippen LogP contribution in [0.25, 0.3) is 11.0 Å². The van der Waals surface area contributed by atoms with Crippen LogP contribution in [-0.4, -0.2) is 22.6 Å². The largest absolute Gasteiger partial charge is 0.445 e. The molecule has 1 heterocycles. The average molecular weight is 366 g/mol. The van der Waals surface area contributed by atoms with Crippen LogP contribution in [0.3, 0.4) is 0 Å². The number of carbonyl (C=O) groups is 1. The molecule has 0 spiro atoms. The number of alkyl carbamates (subject to hydrolysis) is 1. The Morgan fingerprint density at radius 1 is 1.15 bits per heavy atom. The molecule has 0 unspecified atom stereocenters. The van der Waals surface area contributed by atoms with Crippen molar-refractivity contribution in [3.8, 4) is 11.8 Å². The van der Waals surface area contributed by atoms with E-state index in [1.54, 1.807) is 0 Å². The van der Waals surface area contributed by atoms with Gasteiger partial charge in [0, 0.05) is 18.5 Å². The third-order valence-corrected chi connectivity index (χ3v) is 3.66. The number of halogens is 1. The second-order valence-corrected chi connectivity index (χ2v) is 5.82. The van der Waals surface area contributed by atoms with Crippen LogP contribution in [0.2, 0.25) is 5.15 Å². The number of nitrogens with zero attached hydrogens (tertiary/aromatic N) is 2. The van der Waals surface area contributed by atoms with Gasteiger partial charge < -0.3 is 10.1 Å². The van der Waals surface area contributed by atoms with Gasteiger partial charge >= 0.3 is 6.09 Å². The summed E-state index contributed by atoms with van der Waals surface area (Å²) in [6.07, 6.45) is 1.57. The minimum Gasteiger partial charge on any atom is -0.445 e. The number of nitrogens with one attached hydrogen (secondary N) is 1. The van der Waals surface area contributed by atoms with Crippen molar-refractivity contribution in [3.63, 3.8) is 0 Å². The van der Waals surface area contributed by atoms with Crippen molar-refractivity contribution in [1.29, 1.82) is 0 Å². The van der Waals surface area contributed by atoms with Crippen molar-refractivity contribution in [2.45, 2.75) is 13.0 Å². The Labute approximate surface area is 156 Å². The summed E-state index contributed by atoms with van der Waals surface area (Å²) in [6.45, 7) is 0.666. The van der Waals surface area contributed by atoms with Gasteiger partial charge in [-0.15, -0.1) is 0 Å². The summed E-state index contributed by atoms with van der Waals surface area (Å²) in [4.78, 5) is 20.0. The molecule has 0 aliphatic carbocycles. The Kier molecular flexibility index (Phi) is 6.02. The van der Waals surface area contributed by atoms with E-state index in [1.165, 1.54) is 6.20 Å². The van der Waals surface area contributed by atoms with Crippen LogP contribution in [0.5, 0.6) is 0 Å². The van der Waals surface area contributed by atoms with Gasteiger partial charge in [0.1, 0.15) is 11.8 Å². The molecule has 3 rings (SSSR count). The Morgan fingerprint density at radius 3 is 2.85 bits per heavy atom. The van der Waals surface area contributed by atoms with E-state index in [1.807, 2.05) is 48.5 Å². The van der Waals surface area contributed by atoms with E-state index < -0.39 is 6.09 Å². The molecule has 1 amide bonds. The van der Waals surface area contributed by atoms with Crippen molar-refractivity contribution < 1.29 is 9.53 Å². The van der Waals surface area contributed by atoms with Gasteiger partial charge in [-0.25, -0.2) is 9.78 Å². The van der Waals surface area contributed by atoms with Crippen molar-refractivity contribution in [2.75, 3.05) is 6.54 Å². The molecule has 0 radical (unpaired) electrons. The molecule has 26 heavy (non-hydrogen) atoms.